The second kappa shape index (κ2) is 11.2. The zero-order valence-electron chi connectivity index (χ0n) is 26.2. The van der Waals surface area contributed by atoms with E-state index in [9.17, 15) is 5.26 Å². The Kier molecular flexibility index (Phi) is 6.65. The molecule has 0 atom stereocenters. The van der Waals surface area contributed by atoms with Crippen LogP contribution in [0.4, 0.5) is 0 Å². The van der Waals surface area contributed by atoms with Gasteiger partial charge in [0.15, 0.2) is 0 Å². The lowest BCUT2D eigenvalue weighted by atomic mass is 9.95. The molecule has 0 aliphatic heterocycles. The number of allylic oxidation sites excluding steroid dienone is 1. The fourth-order valence-electron chi connectivity index (χ4n) is 7.17. The summed E-state index contributed by atoms with van der Waals surface area (Å²) in [5.74, 6) is 0. The Hall–Kier alpha value is -5.73. The molecule has 48 heavy (non-hydrogen) atoms. The molecule has 0 N–H and O–H groups in total. The van der Waals surface area contributed by atoms with Crippen LogP contribution >= 0.6 is 22.7 Å². The summed E-state index contributed by atoms with van der Waals surface area (Å²) >= 11 is 3.64. The molecular weight excluding hydrogens is 621 g/mol. The summed E-state index contributed by atoms with van der Waals surface area (Å²) in [4.78, 5) is 1.20. The lowest BCUT2D eigenvalue weighted by Crippen LogP contribution is -1.94. The maximum Gasteiger partial charge on any atom is 0.0992 e. The Balaban J connectivity index is 1.35. The number of hydrogen-bond donors (Lipinski definition) is 0. The highest BCUT2D eigenvalue weighted by Gasteiger charge is 2.20. The van der Waals surface area contributed by atoms with Crippen molar-refractivity contribution in [1.82, 2.24) is 4.57 Å². The van der Waals surface area contributed by atoms with Crippen LogP contribution in [0.3, 0.4) is 0 Å². The van der Waals surface area contributed by atoms with Gasteiger partial charge in [-0.05, 0) is 77.7 Å². The van der Waals surface area contributed by atoms with E-state index < -0.39 is 0 Å². The Labute approximate surface area is 286 Å². The van der Waals surface area contributed by atoms with Crippen LogP contribution < -0.4 is 0 Å². The fraction of sp³-hybridized carbons (Fsp3) is 0.0227. The van der Waals surface area contributed by atoms with Crippen molar-refractivity contribution in [2.24, 2.45) is 0 Å². The number of fused-ring (bicyclic) bond motifs is 7. The van der Waals surface area contributed by atoms with Gasteiger partial charge >= 0.3 is 0 Å². The highest BCUT2D eigenvalue weighted by Crippen LogP contribution is 2.46. The Morgan fingerprint density at radius 3 is 2.27 bits per heavy atom. The van der Waals surface area contributed by atoms with Crippen molar-refractivity contribution in [3.63, 3.8) is 0 Å². The van der Waals surface area contributed by atoms with E-state index in [1.54, 1.807) is 11.3 Å². The number of nitrogens with zero attached hydrogens (tertiary/aromatic N) is 2. The first-order valence-corrected chi connectivity index (χ1v) is 17.6. The third-order valence-corrected chi connectivity index (χ3v) is 11.8. The first kappa shape index (κ1) is 28.5. The molecule has 3 aromatic heterocycles. The van der Waals surface area contributed by atoms with Crippen LogP contribution in [0.2, 0.25) is 0 Å². The van der Waals surface area contributed by atoms with Gasteiger partial charge in [-0.1, -0.05) is 97.6 Å². The first-order valence-electron chi connectivity index (χ1n) is 16.0. The Bertz CT molecular complexity index is 2820. The number of hydrogen-bond acceptors (Lipinski definition) is 3. The van der Waals surface area contributed by atoms with Gasteiger partial charge in [0.2, 0.25) is 0 Å². The van der Waals surface area contributed by atoms with Crippen LogP contribution in [0.1, 0.15) is 22.9 Å². The first-order chi connectivity index (χ1) is 23.7. The van der Waals surface area contributed by atoms with Gasteiger partial charge in [-0.15, -0.1) is 22.7 Å². The lowest BCUT2D eigenvalue weighted by Gasteiger charge is -2.10. The second-order valence-corrected chi connectivity index (χ2v) is 14.1. The SMILES string of the molecule is C=Cc1sc2ccc(-c3cc(-c4ccccc4)c4sc5c(-n6c7ccccc7c7ccc(C#N)cc76)cccc5c4c3)cc2c1/C=C\C. The molecule has 6 aromatic carbocycles. The molecular formula is C44H28N2S2. The summed E-state index contributed by atoms with van der Waals surface area (Å²) in [7, 11) is 0. The maximum atomic E-state index is 9.81. The topological polar surface area (TPSA) is 28.7 Å². The van der Waals surface area contributed by atoms with Crippen molar-refractivity contribution in [3.05, 3.63) is 150 Å². The molecule has 0 unspecified atom stereocenters. The van der Waals surface area contributed by atoms with Crippen molar-refractivity contribution in [3.8, 4) is 34.0 Å². The molecule has 0 amide bonds. The average molecular weight is 649 g/mol. The van der Waals surface area contributed by atoms with E-state index in [0.29, 0.717) is 5.56 Å². The molecule has 0 radical (unpaired) electrons. The number of rotatable bonds is 5. The quantitative estimate of drug-likeness (QED) is 0.183. The van der Waals surface area contributed by atoms with E-state index >= 15 is 0 Å². The molecule has 0 bridgehead atoms. The Morgan fingerprint density at radius 2 is 1.44 bits per heavy atom. The van der Waals surface area contributed by atoms with Crippen molar-refractivity contribution in [2.75, 3.05) is 0 Å². The van der Waals surface area contributed by atoms with Gasteiger partial charge in [0.1, 0.15) is 0 Å². The third-order valence-electron chi connectivity index (χ3n) is 9.31. The van der Waals surface area contributed by atoms with Crippen LogP contribution in [0.25, 0.3) is 92.2 Å². The number of aromatic nitrogens is 1. The summed E-state index contributed by atoms with van der Waals surface area (Å²) in [5, 5.41) is 15.9. The van der Waals surface area contributed by atoms with Gasteiger partial charge < -0.3 is 4.57 Å². The smallest absolute Gasteiger partial charge is 0.0992 e. The molecule has 3 heterocycles. The normalized spacial score (nSPS) is 11.8. The molecule has 0 spiro atoms. The molecule has 0 aliphatic carbocycles. The standard InChI is InChI=1S/C44H28N2S2/c1-3-11-33-36-23-29(19-21-42(36)47-41(33)4-2)30-24-35(28-12-6-5-7-13-28)43-37(25-30)34-15-10-17-39(44(34)48-43)46-38-16-9-8-14-31(38)32-20-18-27(26-45)22-40(32)46/h3-25H,2H2,1H3/b11-3-. The second-order valence-electron chi connectivity index (χ2n) is 12.0. The molecule has 2 nitrogen and oxygen atoms in total. The highest BCUT2D eigenvalue weighted by molar-refractivity contribution is 7.26. The van der Waals surface area contributed by atoms with Gasteiger partial charge in [-0.2, -0.15) is 5.26 Å². The summed E-state index contributed by atoms with van der Waals surface area (Å²) in [6.07, 6.45) is 6.26. The summed E-state index contributed by atoms with van der Waals surface area (Å²) in [5.41, 5.74) is 10.0. The van der Waals surface area contributed by atoms with E-state index in [0.717, 1.165) is 22.1 Å². The van der Waals surface area contributed by atoms with E-state index in [1.165, 1.54) is 68.3 Å². The number of para-hydroxylation sites is 1. The molecule has 0 fully saturated rings. The number of benzene rings is 6. The van der Waals surface area contributed by atoms with Crippen LogP contribution in [-0.4, -0.2) is 4.57 Å². The number of thiophene rings is 2. The van der Waals surface area contributed by atoms with Gasteiger partial charge in [0.25, 0.3) is 0 Å². The van der Waals surface area contributed by atoms with Crippen LogP contribution in [0.15, 0.2) is 134 Å². The third kappa shape index (κ3) is 4.29. The monoisotopic (exact) mass is 648 g/mol. The van der Waals surface area contributed by atoms with Crippen molar-refractivity contribution >= 4 is 86.9 Å². The summed E-state index contributed by atoms with van der Waals surface area (Å²) < 4.78 is 6.11. The Morgan fingerprint density at radius 1 is 0.646 bits per heavy atom. The van der Waals surface area contributed by atoms with Gasteiger partial charge in [-0.3, -0.25) is 0 Å². The molecule has 0 aliphatic rings. The minimum Gasteiger partial charge on any atom is -0.308 e. The maximum absolute atomic E-state index is 9.81. The van der Waals surface area contributed by atoms with E-state index in [1.807, 2.05) is 29.5 Å². The van der Waals surface area contributed by atoms with Crippen LogP contribution in [-0.2, 0) is 0 Å². The molecule has 9 rings (SSSR count). The predicted molar refractivity (Wildman–Crippen MR) is 209 cm³/mol. The van der Waals surface area contributed by atoms with Gasteiger partial charge in [0.05, 0.1) is 33.1 Å². The zero-order chi connectivity index (χ0) is 32.4. The molecule has 0 saturated heterocycles. The van der Waals surface area contributed by atoms with Crippen molar-refractivity contribution < 1.29 is 0 Å². The van der Waals surface area contributed by atoms with Crippen molar-refractivity contribution in [2.45, 2.75) is 6.92 Å². The fourth-order valence-corrected chi connectivity index (χ4v) is 9.51. The van der Waals surface area contributed by atoms with Crippen molar-refractivity contribution in [1.29, 1.82) is 5.26 Å². The van der Waals surface area contributed by atoms with E-state index in [4.69, 9.17) is 0 Å². The van der Waals surface area contributed by atoms with E-state index in [-0.39, 0.29) is 0 Å². The highest BCUT2D eigenvalue weighted by atomic mass is 32.1. The van der Waals surface area contributed by atoms with E-state index in [2.05, 4.69) is 145 Å². The zero-order valence-corrected chi connectivity index (χ0v) is 27.8. The number of nitriles is 1. The molecule has 9 aromatic rings. The van der Waals surface area contributed by atoms with Crippen LogP contribution in [0.5, 0.6) is 0 Å². The molecule has 0 saturated carbocycles. The summed E-state index contributed by atoms with van der Waals surface area (Å²) in [6, 6.07) is 45.9. The minimum atomic E-state index is 0.659. The van der Waals surface area contributed by atoms with Gasteiger partial charge in [0, 0.05) is 46.8 Å². The predicted octanol–water partition coefficient (Wildman–Crippen LogP) is 13.2. The minimum absolute atomic E-state index is 0.659. The lowest BCUT2D eigenvalue weighted by molar-refractivity contribution is 1.20. The average Bonchev–Trinajstić information content (AvgIpc) is 3.80. The van der Waals surface area contributed by atoms with Gasteiger partial charge in [-0.25, -0.2) is 0 Å². The van der Waals surface area contributed by atoms with Crippen LogP contribution in [0, 0.1) is 11.3 Å². The largest absolute Gasteiger partial charge is 0.308 e. The molecule has 4 heteroatoms. The molecule has 226 valence electrons. The summed E-state index contributed by atoms with van der Waals surface area (Å²) in [6.45, 7) is 6.15.